The van der Waals surface area contributed by atoms with E-state index in [1.165, 1.54) is 0 Å². The molecule has 0 heterocycles. The van der Waals surface area contributed by atoms with Gasteiger partial charge >= 0.3 is 0 Å². The zero-order valence-corrected chi connectivity index (χ0v) is 12.6. The lowest BCUT2D eigenvalue weighted by molar-refractivity contribution is 0.275. The van der Waals surface area contributed by atoms with Crippen LogP contribution >= 0.6 is 0 Å². The molecule has 0 spiro atoms. The summed E-state index contributed by atoms with van der Waals surface area (Å²) in [4.78, 5) is 0. The summed E-state index contributed by atoms with van der Waals surface area (Å²) < 4.78 is 0. The second-order valence-corrected chi connectivity index (χ2v) is 4.43. The molecule has 0 rings (SSSR count). The number of hydrogen-bond acceptors (Lipinski definition) is 1. The van der Waals surface area contributed by atoms with Crippen molar-refractivity contribution in [2.75, 3.05) is 0 Å². The second-order valence-electron chi connectivity index (χ2n) is 4.43. The fourth-order valence-corrected chi connectivity index (χ4v) is 1.28. The van der Waals surface area contributed by atoms with Crippen molar-refractivity contribution < 1.29 is 0 Å². The van der Waals surface area contributed by atoms with E-state index in [0.717, 1.165) is 18.5 Å². The van der Waals surface area contributed by atoms with Gasteiger partial charge in [0.15, 0.2) is 0 Å². The lowest BCUT2D eigenvalue weighted by atomic mass is 9.85. The van der Waals surface area contributed by atoms with Crippen molar-refractivity contribution in [3.05, 3.63) is 25.4 Å². The van der Waals surface area contributed by atoms with Crippen LogP contribution in [-0.2, 0) is 0 Å². The van der Waals surface area contributed by atoms with Crippen LogP contribution in [-0.4, -0.2) is 6.04 Å². The van der Waals surface area contributed by atoms with Crippen LogP contribution in [0.25, 0.3) is 0 Å². The van der Waals surface area contributed by atoms with Crippen molar-refractivity contribution in [2.24, 2.45) is 5.41 Å². The maximum atomic E-state index is 3.96. The molecule has 0 fully saturated rings. The van der Waals surface area contributed by atoms with Gasteiger partial charge in [0.2, 0.25) is 0 Å². The predicted molar refractivity (Wildman–Crippen MR) is 78.7 cm³/mol. The van der Waals surface area contributed by atoms with E-state index < -0.39 is 0 Å². The summed E-state index contributed by atoms with van der Waals surface area (Å²) in [5, 5.41) is 3.46. The van der Waals surface area contributed by atoms with E-state index in [0.29, 0.717) is 11.5 Å². The second kappa shape index (κ2) is 12.4. The van der Waals surface area contributed by atoms with Crippen molar-refractivity contribution in [1.29, 1.82) is 0 Å². The highest BCUT2D eigenvalue weighted by atomic mass is 14.9. The Morgan fingerprint density at radius 2 is 1.50 bits per heavy atom. The number of hydrogen-bond donors (Lipinski definition) is 1. The van der Waals surface area contributed by atoms with E-state index in [9.17, 15) is 0 Å². The zero-order chi connectivity index (χ0) is 13.8. The van der Waals surface area contributed by atoms with Crippen molar-refractivity contribution in [1.82, 2.24) is 5.32 Å². The number of allylic oxidation sites excluding steroid dienone is 1. The van der Waals surface area contributed by atoms with Crippen LogP contribution in [0.1, 0.15) is 61.3 Å². The summed E-state index contributed by atoms with van der Waals surface area (Å²) in [7, 11) is 0. The van der Waals surface area contributed by atoms with Gasteiger partial charge in [-0.3, -0.25) is 0 Å². The lowest BCUT2D eigenvalue weighted by Gasteiger charge is -2.32. The van der Waals surface area contributed by atoms with Crippen molar-refractivity contribution in [3.63, 3.8) is 0 Å². The van der Waals surface area contributed by atoms with Gasteiger partial charge in [-0.15, -0.1) is 13.2 Å². The van der Waals surface area contributed by atoms with Gasteiger partial charge in [-0.2, -0.15) is 0 Å². The standard InChI is InChI=1S/C11H23N.C2H6.C2H4/c1-7-9(3)12-10(8-2)11(4,5)6;2*1-2/h10,12H,3,7-8H2,1-2,4-6H3;1-2H3;1-2H2. The summed E-state index contributed by atoms with van der Waals surface area (Å²) in [6.45, 7) is 25.1. The van der Waals surface area contributed by atoms with Gasteiger partial charge in [0.1, 0.15) is 0 Å². The minimum absolute atomic E-state index is 0.326. The summed E-state index contributed by atoms with van der Waals surface area (Å²) in [6, 6.07) is 0.546. The quantitative estimate of drug-likeness (QED) is 0.655. The molecule has 1 atom stereocenters. The Bertz CT molecular complexity index is 153. The average molecular weight is 227 g/mol. The molecular weight excluding hydrogens is 194 g/mol. The Balaban J connectivity index is -0.000000376. The van der Waals surface area contributed by atoms with Gasteiger partial charge in [-0.25, -0.2) is 0 Å². The SMILES string of the molecule is C=C.C=C(CC)NC(CC)C(C)(C)C.CC. The Morgan fingerprint density at radius 3 is 1.69 bits per heavy atom. The van der Waals surface area contributed by atoms with Crippen molar-refractivity contribution >= 4 is 0 Å². The molecule has 98 valence electrons. The van der Waals surface area contributed by atoms with E-state index in [4.69, 9.17) is 0 Å². The summed E-state index contributed by atoms with van der Waals surface area (Å²) in [5.74, 6) is 0. The van der Waals surface area contributed by atoms with E-state index in [1.54, 1.807) is 0 Å². The molecule has 0 saturated carbocycles. The third kappa shape index (κ3) is 11.4. The number of nitrogens with one attached hydrogen (secondary N) is 1. The fourth-order valence-electron chi connectivity index (χ4n) is 1.28. The first kappa shape index (κ1) is 20.7. The van der Waals surface area contributed by atoms with Crippen LogP contribution in [0, 0.1) is 5.41 Å². The van der Waals surface area contributed by atoms with E-state index >= 15 is 0 Å². The lowest BCUT2D eigenvalue weighted by Crippen LogP contribution is -2.38. The van der Waals surface area contributed by atoms with E-state index in [2.05, 4.69) is 59.7 Å². The van der Waals surface area contributed by atoms with Crippen molar-refractivity contribution in [2.45, 2.75) is 67.3 Å². The van der Waals surface area contributed by atoms with Crippen LogP contribution < -0.4 is 5.32 Å². The van der Waals surface area contributed by atoms with Gasteiger partial charge in [-0.1, -0.05) is 55.0 Å². The monoisotopic (exact) mass is 227 g/mol. The molecule has 0 bridgehead atoms. The van der Waals surface area contributed by atoms with Crippen LogP contribution in [0.3, 0.4) is 0 Å². The van der Waals surface area contributed by atoms with E-state index in [1.807, 2.05) is 13.8 Å². The minimum Gasteiger partial charge on any atom is -0.386 e. The third-order valence-electron chi connectivity index (χ3n) is 2.26. The molecule has 0 aromatic heterocycles. The highest BCUT2D eigenvalue weighted by Gasteiger charge is 2.22. The Morgan fingerprint density at radius 1 is 1.12 bits per heavy atom. The normalized spacial score (nSPS) is 11.2. The molecule has 0 aliphatic carbocycles. The average Bonchev–Trinajstić information content (AvgIpc) is 2.29. The van der Waals surface area contributed by atoms with Gasteiger partial charge < -0.3 is 5.32 Å². The maximum Gasteiger partial charge on any atom is 0.0303 e. The molecule has 0 aromatic rings. The van der Waals surface area contributed by atoms with Gasteiger partial charge in [0.05, 0.1) is 0 Å². The Labute approximate surface area is 104 Å². The summed E-state index contributed by atoms with van der Waals surface area (Å²) in [6.07, 6.45) is 2.18. The summed E-state index contributed by atoms with van der Waals surface area (Å²) in [5.41, 5.74) is 1.48. The molecule has 16 heavy (non-hydrogen) atoms. The Kier molecular flexibility index (Phi) is 15.9. The largest absolute Gasteiger partial charge is 0.386 e. The molecule has 0 aliphatic rings. The molecule has 1 unspecified atom stereocenters. The highest BCUT2D eigenvalue weighted by Crippen LogP contribution is 2.22. The molecule has 0 saturated heterocycles. The molecule has 0 aromatic carbocycles. The Hall–Kier alpha value is -0.720. The smallest absolute Gasteiger partial charge is 0.0303 e. The van der Waals surface area contributed by atoms with E-state index in [-0.39, 0.29) is 0 Å². The predicted octanol–water partition coefficient (Wildman–Crippen LogP) is 5.15. The van der Waals surface area contributed by atoms with Crippen LogP contribution in [0.2, 0.25) is 0 Å². The van der Waals surface area contributed by atoms with Gasteiger partial charge in [-0.05, 0) is 18.3 Å². The molecule has 0 aliphatic heterocycles. The topological polar surface area (TPSA) is 12.0 Å². The first-order valence-electron chi connectivity index (χ1n) is 6.36. The minimum atomic E-state index is 0.326. The molecule has 1 heteroatoms. The van der Waals surface area contributed by atoms with Crippen LogP contribution in [0.15, 0.2) is 25.4 Å². The molecule has 0 amide bonds. The number of rotatable bonds is 4. The van der Waals surface area contributed by atoms with Crippen LogP contribution in [0.5, 0.6) is 0 Å². The van der Waals surface area contributed by atoms with Gasteiger partial charge in [0.25, 0.3) is 0 Å². The first-order valence-corrected chi connectivity index (χ1v) is 6.36. The molecule has 1 nitrogen and oxygen atoms in total. The highest BCUT2D eigenvalue weighted by molar-refractivity contribution is 4.95. The molecule has 0 radical (unpaired) electrons. The maximum absolute atomic E-state index is 3.96. The summed E-state index contributed by atoms with van der Waals surface area (Å²) >= 11 is 0. The first-order chi connectivity index (χ1) is 7.41. The molecule has 1 N–H and O–H groups in total. The molecular formula is C15H33N. The van der Waals surface area contributed by atoms with Crippen molar-refractivity contribution in [3.8, 4) is 0 Å². The zero-order valence-electron chi connectivity index (χ0n) is 12.6. The van der Waals surface area contributed by atoms with Crippen LogP contribution in [0.4, 0.5) is 0 Å². The third-order valence-corrected chi connectivity index (χ3v) is 2.26. The fraction of sp³-hybridized carbons (Fsp3) is 0.733. The van der Waals surface area contributed by atoms with Gasteiger partial charge in [0, 0.05) is 11.7 Å².